The quantitative estimate of drug-likeness (QED) is 0.853. The summed E-state index contributed by atoms with van der Waals surface area (Å²) >= 11 is 9.01. The molecule has 0 fully saturated rings. The van der Waals surface area contributed by atoms with E-state index in [1.807, 2.05) is 19.1 Å². The number of halogens is 2. The van der Waals surface area contributed by atoms with E-state index in [4.69, 9.17) is 11.6 Å². The van der Waals surface area contributed by atoms with Crippen molar-refractivity contribution in [3.63, 3.8) is 0 Å². The van der Waals surface area contributed by atoms with Gasteiger partial charge in [-0.1, -0.05) is 29.3 Å². The monoisotopic (exact) mass is 339 g/mol. The van der Waals surface area contributed by atoms with Gasteiger partial charge < -0.3 is 10.4 Å². The molecule has 5 heteroatoms. The number of aryl methyl sites for hydroxylation is 1. The van der Waals surface area contributed by atoms with E-state index in [1.165, 1.54) is 12.1 Å². The van der Waals surface area contributed by atoms with Crippen molar-refractivity contribution in [2.24, 2.45) is 0 Å². The molecule has 0 saturated carbocycles. The molecule has 0 aromatic heterocycles. The van der Waals surface area contributed by atoms with E-state index in [9.17, 15) is 9.90 Å². The van der Waals surface area contributed by atoms with Gasteiger partial charge in [0.05, 0.1) is 10.0 Å². The van der Waals surface area contributed by atoms with Crippen LogP contribution in [0.15, 0.2) is 40.9 Å². The van der Waals surface area contributed by atoms with E-state index in [2.05, 4.69) is 21.2 Å². The first-order chi connectivity index (χ1) is 8.97. The highest BCUT2D eigenvalue weighted by atomic mass is 79.9. The number of anilines is 1. The predicted octanol–water partition coefficient (Wildman–Crippen LogP) is 4.37. The maximum Gasteiger partial charge on any atom is 0.259 e. The highest BCUT2D eigenvalue weighted by molar-refractivity contribution is 9.10. The predicted molar refractivity (Wildman–Crippen MR) is 79.9 cm³/mol. The molecule has 3 nitrogen and oxygen atoms in total. The summed E-state index contributed by atoms with van der Waals surface area (Å²) in [4.78, 5) is 12.1. The highest BCUT2D eigenvalue weighted by Crippen LogP contribution is 2.31. The number of hydrogen-bond donors (Lipinski definition) is 2. The van der Waals surface area contributed by atoms with E-state index >= 15 is 0 Å². The first-order valence-corrected chi connectivity index (χ1v) is 6.70. The van der Waals surface area contributed by atoms with Crippen molar-refractivity contribution in [1.29, 1.82) is 0 Å². The second-order valence-electron chi connectivity index (χ2n) is 4.10. The number of rotatable bonds is 2. The van der Waals surface area contributed by atoms with Gasteiger partial charge in [0, 0.05) is 10.7 Å². The lowest BCUT2D eigenvalue weighted by molar-refractivity contribution is 0.102. The topological polar surface area (TPSA) is 49.3 Å². The zero-order valence-corrected chi connectivity index (χ0v) is 12.4. The van der Waals surface area contributed by atoms with E-state index in [0.29, 0.717) is 15.2 Å². The number of benzene rings is 2. The standard InChI is InChI=1S/C14H11BrClNO2/c1-8-2-4-10(5-3-8)17-14(19)11-6-9(16)7-12(15)13(11)18/h2-7,18H,1H3,(H,17,19). The lowest BCUT2D eigenvalue weighted by atomic mass is 10.1. The van der Waals surface area contributed by atoms with Crippen LogP contribution in [0.1, 0.15) is 15.9 Å². The summed E-state index contributed by atoms with van der Waals surface area (Å²) in [5.41, 5.74) is 1.89. The third-order valence-corrected chi connectivity index (χ3v) is 3.40. The number of carbonyl (C=O) groups excluding carboxylic acids is 1. The SMILES string of the molecule is Cc1ccc(NC(=O)c2cc(Cl)cc(Br)c2O)cc1. The van der Waals surface area contributed by atoms with Gasteiger partial charge >= 0.3 is 0 Å². The number of amides is 1. The van der Waals surface area contributed by atoms with E-state index < -0.39 is 5.91 Å². The van der Waals surface area contributed by atoms with Crippen molar-refractivity contribution in [3.05, 3.63) is 57.0 Å². The van der Waals surface area contributed by atoms with Gasteiger partial charge in [0.25, 0.3) is 5.91 Å². The van der Waals surface area contributed by atoms with Crippen LogP contribution in [-0.2, 0) is 0 Å². The molecule has 0 spiro atoms. The molecule has 0 bridgehead atoms. The number of nitrogens with one attached hydrogen (secondary N) is 1. The zero-order chi connectivity index (χ0) is 14.0. The number of aromatic hydroxyl groups is 1. The zero-order valence-electron chi connectivity index (χ0n) is 10.1. The fourth-order valence-corrected chi connectivity index (χ4v) is 2.38. The molecule has 2 aromatic rings. The number of carbonyl (C=O) groups is 1. The van der Waals surface area contributed by atoms with Crippen LogP contribution < -0.4 is 5.32 Å². The van der Waals surface area contributed by atoms with E-state index in [1.54, 1.807) is 12.1 Å². The molecule has 0 saturated heterocycles. The summed E-state index contributed by atoms with van der Waals surface area (Å²) in [5.74, 6) is -0.543. The molecule has 98 valence electrons. The van der Waals surface area contributed by atoms with Crippen LogP contribution in [0.2, 0.25) is 5.02 Å². The average Bonchev–Trinajstić information content (AvgIpc) is 2.36. The lowest BCUT2D eigenvalue weighted by Gasteiger charge is -2.09. The minimum absolute atomic E-state index is 0.125. The van der Waals surface area contributed by atoms with Crippen LogP contribution >= 0.6 is 27.5 Å². The van der Waals surface area contributed by atoms with Gasteiger partial charge in [0.2, 0.25) is 0 Å². The van der Waals surface area contributed by atoms with Crippen molar-refractivity contribution >= 4 is 39.1 Å². The Morgan fingerprint density at radius 1 is 1.26 bits per heavy atom. The van der Waals surface area contributed by atoms with Crippen molar-refractivity contribution in [3.8, 4) is 5.75 Å². The molecule has 0 unspecified atom stereocenters. The lowest BCUT2D eigenvalue weighted by Crippen LogP contribution is -2.12. The third-order valence-electron chi connectivity index (χ3n) is 2.58. The molecule has 2 aromatic carbocycles. The summed E-state index contributed by atoms with van der Waals surface area (Å²) in [7, 11) is 0. The highest BCUT2D eigenvalue weighted by Gasteiger charge is 2.15. The fourth-order valence-electron chi connectivity index (χ4n) is 1.57. The molecule has 1 amide bonds. The largest absolute Gasteiger partial charge is 0.506 e. The Morgan fingerprint density at radius 3 is 2.53 bits per heavy atom. The summed E-state index contributed by atoms with van der Waals surface area (Å²) in [6.07, 6.45) is 0. The Hall–Kier alpha value is -1.52. The van der Waals surface area contributed by atoms with Crippen molar-refractivity contribution in [1.82, 2.24) is 0 Å². The number of phenols is 1. The van der Waals surface area contributed by atoms with Gasteiger partial charge in [-0.15, -0.1) is 0 Å². The van der Waals surface area contributed by atoms with Gasteiger partial charge in [-0.25, -0.2) is 0 Å². The molecule has 0 atom stereocenters. The first kappa shape index (κ1) is 13.9. The van der Waals surface area contributed by atoms with Crippen molar-refractivity contribution < 1.29 is 9.90 Å². The summed E-state index contributed by atoms with van der Waals surface area (Å²) in [6.45, 7) is 1.96. The van der Waals surface area contributed by atoms with Crippen LogP contribution in [-0.4, -0.2) is 11.0 Å². The maximum atomic E-state index is 12.1. The van der Waals surface area contributed by atoms with Crippen molar-refractivity contribution in [2.75, 3.05) is 5.32 Å². The number of phenolic OH excluding ortho intramolecular Hbond substituents is 1. The Bertz CT molecular complexity index is 626. The van der Waals surface area contributed by atoms with Gasteiger partial charge in [-0.2, -0.15) is 0 Å². The normalized spacial score (nSPS) is 10.3. The third kappa shape index (κ3) is 3.28. The Balaban J connectivity index is 2.27. The van der Waals surface area contributed by atoms with Crippen LogP contribution in [0.25, 0.3) is 0 Å². The Labute approximate surface area is 124 Å². The second kappa shape index (κ2) is 5.63. The number of hydrogen-bond acceptors (Lipinski definition) is 2. The molecule has 0 aliphatic rings. The maximum absolute atomic E-state index is 12.1. The summed E-state index contributed by atoms with van der Waals surface area (Å²) < 4.78 is 0.383. The van der Waals surface area contributed by atoms with Crippen LogP contribution in [0, 0.1) is 6.92 Å². The minimum atomic E-state index is -0.412. The molecule has 19 heavy (non-hydrogen) atoms. The van der Waals surface area contributed by atoms with Gasteiger partial charge in [-0.3, -0.25) is 4.79 Å². The van der Waals surface area contributed by atoms with Gasteiger partial charge in [-0.05, 0) is 47.1 Å². The Morgan fingerprint density at radius 2 is 1.89 bits per heavy atom. The molecule has 0 radical (unpaired) electrons. The second-order valence-corrected chi connectivity index (χ2v) is 5.39. The molecule has 2 rings (SSSR count). The molecular formula is C14H11BrClNO2. The fraction of sp³-hybridized carbons (Fsp3) is 0.0714. The van der Waals surface area contributed by atoms with Crippen LogP contribution in [0.4, 0.5) is 5.69 Å². The van der Waals surface area contributed by atoms with Crippen molar-refractivity contribution in [2.45, 2.75) is 6.92 Å². The van der Waals surface area contributed by atoms with Gasteiger partial charge in [0.15, 0.2) is 0 Å². The van der Waals surface area contributed by atoms with Crippen LogP contribution in [0.3, 0.4) is 0 Å². The molecule has 0 aliphatic heterocycles. The molecular weight excluding hydrogens is 330 g/mol. The smallest absolute Gasteiger partial charge is 0.259 e. The van der Waals surface area contributed by atoms with Gasteiger partial charge in [0.1, 0.15) is 5.75 Å². The average molecular weight is 341 g/mol. The Kier molecular flexibility index (Phi) is 4.12. The first-order valence-electron chi connectivity index (χ1n) is 5.53. The van der Waals surface area contributed by atoms with E-state index in [-0.39, 0.29) is 11.3 Å². The minimum Gasteiger partial charge on any atom is -0.506 e. The summed E-state index contributed by atoms with van der Waals surface area (Å²) in [6, 6.07) is 10.3. The summed E-state index contributed by atoms with van der Waals surface area (Å²) in [5, 5.41) is 12.9. The van der Waals surface area contributed by atoms with Crippen LogP contribution in [0.5, 0.6) is 5.75 Å². The molecule has 0 heterocycles. The molecule has 0 aliphatic carbocycles. The molecule has 2 N–H and O–H groups in total. The van der Waals surface area contributed by atoms with E-state index in [0.717, 1.165) is 5.56 Å².